The van der Waals surface area contributed by atoms with Gasteiger partial charge in [0.15, 0.2) is 5.69 Å². The molecule has 6 heteroatoms. The van der Waals surface area contributed by atoms with Gasteiger partial charge in [-0.15, -0.1) is 16.9 Å². The first-order valence-electron chi connectivity index (χ1n) is 8.22. The molecule has 0 radical (unpaired) electrons. The number of hydrogen-bond acceptors (Lipinski definition) is 4. The number of anilines is 1. The second-order valence-electron chi connectivity index (χ2n) is 6.03. The maximum atomic E-state index is 12.8. The summed E-state index contributed by atoms with van der Waals surface area (Å²) < 4.78 is 1.80. The third-order valence-corrected chi connectivity index (χ3v) is 4.94. The van der Waals surface area contributed by atoms with E-state index in [-0.39, 0.29) is 5.91 Å². The lowest BCUT2D eigenvalue weighted by atomic mass is 10.2. The van der Waals surface area contributed by atoms with Crippen molar-refractivity contribution in [2.24, 2.45) is 0 Å². The summed E-state index contributed by atoms with van der Waals surface area (Å²) in [6, 6.07) is 17.6. The van der Waals surface area contributed by atoms with E-state index < -0.39 is 0 Å². The molecule has 1 saturated carbocycles. The molecule has 0 atom stereocenters. The number of amides is 1. The van der Waals surface area contributed by atoms with Gasteiger partial charge in [-0.05, 0) is 49.4 Å². The Morgan fingerprint density at radius 2 is 1.96 bits per heavy atom. The van der Waals surface area contributed by atoms with Gasteiger partial charge in [0.1, 0.15) is 0 Å². The van der Waals surface area contributed by atoms with E-state index in [0.717, 1.165) is 34.8 Å². The second kappa shape index (κ2) is 6.72. The lowest BCUT2D eigenvalue weighted by Gasteiger charge is -2.08. The minimum Gasteiger partial charge on any atom is -0.320 e. The summed E-state index contributed by atoms with van der Waals surface area (Å²) in [5.41, 5.74) is 3.03. The SMILES string of the molecule is CSc1cccc(NC(=O)c2nnn(-c3ccccc3)c2C2CC2)c1. The van der Waals surface area contributed by atoms with Gasteiger partial charge in [-0.3, -0.25) is 4.79 Å². The van der Waals surface area contributed by atoms with Crippen LogP contribution < -0.4 is 5.32 Å². The molecule has 1 aromatic heterocycles. The van der Waals surface area contributed by atoms with Gasteiger partial charge in [-0.25, -0.2) is 4.68 Å². The molecule has 0 aliphatic heterocycles. The molecule has 1 amide bonds. The fourth-order valence-corrected chi connectivity index (χ4v) is 3.28. The van der Waals surface area contributed by atoms with Gasteiger partial charge in [0.25, 0.3) is 5.91 Å². The number of carbonyl (C=O) groups is 1. The van der Waals surface area contributed by atoms with Crippen LogP contribution in [0.2, 0.25) is 0 Å². The second-order valence-corrected chi connectivity index (χ2v) is 6.91. The lowest BCUT2D eigenvalue weighted by Crippen LogP contribution is -2.15. The van der Waals surface area contributed by atoms with E-state index in [4.69, 9.17) is 0 Å². The van der Waals surface area contributed by atoms with Crippen LogP contribution in [0.4, 0.5) is 5.69 Å². The van der Waals surface area contributed by atoms with Crippen molar-refractivity contribution in [1.29, 1.82) is 0 Å². The van der Waals surface area contributed by atoms with Crippen LogP contribution in [0.1, 0.15) is 34.9 Å². The van der Waals surface area contributed by atoms with Crippen LogP contribution >= 0.6 is 11.8 Å². The maximum Gasteiger partial charge on any atom is 0.278 e. The van der Waals surface area contributed by atoms with Crippen LogP contribution in [0.25, 0.3) is 5.69 Å². The van der Waals surface area contributed by atoms with Crippen molar-refractivity contribution in [3.63, 3.8) is 0 Å². The first kappa shape index (κ1) is 15.9. The lowest BCUT2D eigenvalue weighted by molar-refractivity contribution is 0.102. The van der Waals surface area contributed by atoms with Crippen LogP contribution in [-0.4, -0.2) is 27.2 Å². The normalized spacial score (nSPS) is 13.6. The summed E-state index contributed by atoms with van der Waals surface area (Å²) in [5.74, 6) is 0.149. The fraction of sp³-hybridized carbons (Fsp3) is 0.211. The molecular weight excluding hydrogens is 332 g/mol. The van der Waals surface area contributed by atoms with E-state index in [0.29, 0.717) is 11.6 Å². The van der Waals surface area contributed by atoms with E-state index in [9.17, 15) is 4.79 Å². The summed E-state index contributed by atoms with van der Waals surface area (Å²) in [5, 5.41) is 11.4. The number of nitrogens with zero attached hydrogens (tertiary/aromatic N) is 3. The Morgan fingerprint density at radius 3 is 2.68 bits per heavy atom. The number of nitrogens with one attached hydrogen (secondary N) is 1. The minimum absolute atomic E-state index is 0.206. The molecule has 1 aliphatic carbocycles. The van der Waals surface area contributed by atoms with Crippen LogP contribution in [-0.2, 0) is 0 Å². The Bertz CT molecular complexity index is 903. The molecule has 0 unspecified atom stereocenters. The molecular formula is C19H18N4OS. The number of hydrogen-bond donors (Lipinski definition) is 1. The van der Waals surface area contributed by atoms with Crippen molar-refractivity contribution in [3.05, 3.63) is 66.0 Å². The highest BCUT2D eigenvalue weighted by Crippen LogP contribution is 2.42. The third-order valence-electron chi connectivity index (χ3n) is 4.21. The van der Waals surface area contributed by atoms with Gasteiger partial charge in [0, 0.05) is 16.5 Å². The Kier molecular flexibility index (Phi) is 4.28. The number of aromatic nitrogens is 3. The van der Waals surface area contributed by atoms with Crippen LogP contribution in [0.5, 0.6) is 0 Å². The quantitative estimate of drug-likeness (QED) is 0.703. The standard InChI is InChI=1S/C19H18N4OS/c1-25-16-9-5-6-14(12-16)20-19(24)17-18(13-10-11-13)23(22-21-17)15-7-3-2-4-8-15/h2-9,12-13H,10-11H2,1H3,(H,20,24). The third kappa shape index (κ3) is 3.30. The molecule has 126 valence electrons. The van der Waals surface area contributed by atoms with Crippen molar-refractivity contribution in [1.82, 2.24) is 15.0 Å². The summed E-state index contributed by atoms with van der Waals surface area (Å²) in [7, 11) is 0. The molecule has 0 saturated heterocycles. The number of thioether (sulfide) groups is 1. The average molecular weight is 350 g/mol. The fourth-order valence-electron chi connectivity index (χ4n) is 2.82. The molecule has 1 fully saturated rings. The molecule has 1 aliphatic rings. The van der Waals surface area contributed by atoms with Crippen LogP contribution in [0.3, 0.4) is 0 Å². The zero-order valence-electron chi connectivity index (χ0n) is 13.8. The number of rotatable bonds is 5. The van der Waals surface area contributed by atoms with E-state index in [1.807, 2.05) is 60.9 Å². The highest BCUT2D eigenvalue weighted by molar-refractivity contribution is 7.98. The van der Waals surface area contributed by atoms with E-state index in [2.05, 4.69) is 15.6 Å². The van der Waals surface area contributed by atoms with Crippen molar-refractivity contribution in [2.45, 2.75) is 23.7 Å². The number of carbonyl (C=O) groups excluding carboxylic acids is 1. The average Bonchev–Trinajstić information content (AvgIpc) is 3.40. The summed E-state index contributed by atoms with van der Waals surface area (Å²) in [4.78, 5) is 13.9. The first-order chi connectivity index (χ1) is 12.3. The minimum atomic E-state index is -0.206. The molecule has 0 bridgehead atoms. The van der Waals surface area contributed by atoms with E-state index in [1.165, 1.54) is 0 Å². The van der Waals surface area contributed by atoms with Crippen LogP contribution in [0, 0.1) is 0 Å². The molecule has 2 aromatic carbocycles. The number of benzene rings is 2. The van der Waals surface area contributed by atoms with Gasteiger partial charge in [0.2, 0.25) is 0 Å². The maximum absolute atomic E-state index is 12.8. The van der Waals surface area contributed by atoms with Crippen molar-refractivity contribution in [2.75, 3.05) is 11.6 Å². The van der Waals surface area contributed by atoms with Gasteiger partial charge in [-0.2, -0.15) is 0 Å². The van der Waals surface area contributed by atoms with E-state index in [1.54, 1.807) is 16.4 Å². The zero-order valence-corrected chi connectivity index (χ0v) is 14.7. The summed E-state index contributed by atoms with van der Waals surface area (Å²) >= 11 is 1.64. The largest absolute Gasteiger partial charge is 0.320 e. The molecule has 1 heterocycles. The Hall–Kier alpha value is -2.60. The highest BCUT2D eigenvalue weighted by atomic mass is 32.2. The van der Waals surface area contributed by atoms with Crippen molar-refractivity contribution in [3.8, 4) is 5.69 Å². The summed E-state index contributed by atoms with van der Waals surface area (Å²) in [6.45, 7) is 0. The molecule has 25 heavy (non-hydrogen) atoms. The molecule has 0 spiro atoms. The Labute approximate surface area is 150 Å². The number of para-hydroxylation sites is 1. The highest BCUT2D eigenvalue weighted by Gasteiger charge is 2.34. The summed E-state index contributed by atoms with van der Waals surface area (Å²) in [6.07, 6.45) is 4.16. The Morgan fingerprint density at radius 1 is 1.16 bits per heavy atom. The predicted octanol–water partition coefficient (Wildman–Crippen LogP) is 4.12. The van der Waals surface area contributed by atoms with Gasteiger partial charge in [-0.1, -0.05) is 29.5 Å². The zero-order chi connectivity index (χ0) is 17.2. The molecule has 1 N–H and O–H groups in total. The smallest absolute Gasteiger partial charge is 0.278 e. The molecule has 3 aromatic rings. The Balaban J connectivity index is 1.66. The van der Waals surface area contributed by atoms with Crippen molar-refractivity contribution >= 4 is 23.4 Å². The van der Waals surface area contributed by atoms with Gasteiger partial charge >= 0.3 is 0 Å². The first-order valence-corrected chi connectivity index (χ1v) is 9.45. The van der Waals surface area contributed by atoms with Crippen LogP contribution in [0.15, 0.2) is 59.5 Å². The topological polar surface area (TPSA) is 59.8 Å². The predicted molar refractivity (Wildman–Crippen MR) is 99.5 cm³/mol. The molecule has 4 rings (SSSR count). The van der Waals surface area contributed by atoms with Gasteiger partial charge < -0.3 is 5.32 Å². The van der Waals surface area contributed by atoms with Crippen molar-refractivity contribution < 1.29 is 4.79 Å². The van der Waals surface area contributed by atoms with Gasteiger partial charge in [0.05, 0.1) is 11.4 Å². The monoisotopic (exact) mass is 350 g/mol. The van der Waals surface area contributed by atoms with E-state index >= 15 is 0 Å². The molecule has 5 nitrogen and oxygen atoms in total.